The van der Waals surface area contributed by atoms with Gasteiger partial charge < -0.3 is 19.5 Å². The number of benzene rings is 1. The number of halogens is 2. The summed E-state index contributed by atoms with van der Waals surface area (Å²) < 4.78 is 10.7. The Morgan fingerprint density at radius 3 is 2.91 bits per heavy atom. The maximum Gasteiger partial charge on any atom is 0.410 e. The van der Waals surface area contributed by atoms with E-state index in [4.69, 9.17) is 37.8 Å². The van der Waals surface area contributed by atoms with Crippen LogP contribution in [0.4, 0.5) is 4.79 Å². The van der Waals surface area contributed by atoms with E-state index in [9.17, 15) is 4.79 Å². The van der Waals surface area contributed by atoms with Crippen molar-refractivity contribution in [1.82, 2.24) is 4.90 Å². The fourth-order valence-electron chi connectivity index (χ4n) is 3.40. The van der Waals surface area contributed by atoms with Gasteiger partial charge in [0.25, 0.3) is 0 Å². The quantitative estimate of drug-likeness (QED) is 0.910. The first kappa shape index (κ1) is 15.7. The second-order valence-corrected chi connectivity index (χ2v) is 6.35. The largest absolute Gasteiger partial charge is 0.496 e. The Kier molecular flexibility index (Phi) is 4.39. The topological polar surface area (TPSA) is 59.0 Å². The number of nitrogens with zero attached hydrogens (tertiary/aromatic N) is 1. The molecule has 5 nitrogen and oxygen atoms in total. The number of methoxy groups -OCH3 is 1. The van der Waals surface area contributed by atoms with E-state index in [0.717, 1.165) is 5.56 Å². The molecule has 0 aromatic heterocycles. The normalized spacial score (nSPS) is 27.0. The monoisotopic (exact) mass is 345 g/mol. The lowest BCUT2D eigenvalue weighted by Gasteiger charge is -2.18. The van der Waals surface area contributed by atoms with Gasteiger partial charge >= 0.3 is 6.09 Å². The molecule has 1 N–H and O–H groups in total. The molecule has 7 heteroatoms. The van der Waals surface area contributed by atoms with Gasteiger partial charge in [-0.05, 0) is 18.6 Å². The molecule has 2 heterocycles. The van der Waals surface area contributed by atoms with Crippen LogP contribution in [0.2, 0.25) is 10.0 Å². The third kappa shape index (κ3) is 2.51. The molecule has 2 aliphatic rings. The van der Waals surface area contributed by atoms with E-state index in [-0.39, 0.29) is 30.8 Å². The highest BCUT2D eigenvalue weighted by molar-refractivity contribution is 6.42. The molecule has 1 amide bonds. The number of cyclic esters (lactones) is 1. The Balaban J connectivity index is 1.90. The zero-order chi connectivity index (χ0) is 15.9. The Bertz CT molecular complexity index is 595. The number of carbonyl (C=O) groups is 1. The molecule has 3 rings (SSSR count). The van der Waals surface area contributed by atoms with Crippen molar-refractivity contribution in [2.75, 3.05) is 20.3 Å². The first-order valence-electron chi connectivity index (χ1n) is 7.16. The maximum atomic E-state index is 12.0. The first-order chi connectivity index (χ1) is 10.6. The third-order valence-electron chi connectivity index (χ3n) is 4.39. The highest BCUT2D eigenvalue weighted by atomic mass is 35.5. The van der Waals surface area contributed by atoms with E-state index >= 15 is 0 Å². The molecule has 3 atom stereocenters. The minimum atomic E-state index is -0.330. The molecule has 1 unspecified atom stereocenters. The van der Waals surface area contributed by atoms with Gasteiger partial charge in [0, 0.05) is 31.1 Å². The molecule has 0 aliphatic carbocycles. The molecular formula is C15H17Cl2NO4. The predicted octanol–water partition coefficient (Wildman–Crippen LogP) is 3.06. The third-order valence-corrected chi connectivity index (χ3v) is 5.21. The molecule has 0 saturated carbocycles. The fourth-order valence-corrected chi connectivity index (χ4v) is 3.87. The van der Waals surface area contributed by atoms with Crippen LogP contribution in [0.3, 0.4) is 0 Å². The lowest BCUT2D eigenvalue weighted by atomic mass is 9.93. The molecule has 2 saturated heterocycles. The van der Waals surface area contributed by atoms with Crippen LogP contribution in [0.5, 0.6) is 5.75 Å². The van der Waals surface area contributed by atoms with Crippen LogP contribution in [0.15, 0.2) is 12.1 Å². The van der Waals surface area contributed by atoms with Crippen molar-refractivity contribution in [2.45, 2.75) is 30.9 Å². The lowest BCUT2D eigenvalue weighted by Crippen LogP contribution is -2.30. The van der Waals surface area contributed by atoms with E-state index in [2.05, 4.69) is 0 Å². The molecule has 120 valence electrons. The van der Waals surface area contributed by atoms with Gasteiger partial charge in [-0.15, -0.1) is 0 Å². The summed E-state index contributed by atoms with van der Waals surface area (Å²) in [4.78, 5) is 13.7. The van der Waals surface area contributed by atoms with E-state index in [1.807, 2.05) is 0 Å². The van der Waals surface area contributed by atoms with Crippen LogP contribution in [0, 0.1) is 0 Å². The second kappa shape index (κ2) is 6.14. The number of hydrogen-bond donors (Lipinski definition) is 1. The number of amides is 1. The van der Waals surface area contributed by atoms with Crippen molar-refractivity contribution in [3.8, 4) is 5.75 Å². The summed E-state index contributed by atoms with van der Waals surface area (Å²) in [6, 6.07) is 3.45. The van der Waals surface area contributed by atoms with Crippen LogP contribution in [-0.2, 0) is 4.74 Å². The molecule has 0 bridgehead atoms. The van der Waals surface area contributed by atoms with Crippen LogP contribution >= 0.6 is 23.2 Å². The minimum absolute atomic E-state index is 0.00576. The zero-order valence-electron chi connectivity index (χ0n) is 12.1. The zero-order valence-corrected chi connectivity index (χ0v) is 13.6. The summed E-state index contributed by atoms with van der Waals surface area (Å²) >= 11 is 12.5. The number of ether oxygens (including phenoxy) is 2. The number of carbonyl (C=O) groups excluding carboxylic acids is 1. The molecule has 1 aromatic rings. The van der Waals surface area contributed by atoms with Gasteiger partial charge in [0.1, 0.15) is 11.9 Å². The Hall–Kier alpha value is -1.17. The summed E-state index contributed by atoms with van der Waals surface area (Å²) in [5.74, 6) is 0.716. The van der Waals surface area contributed by atoms with Gasteiger partial charge in [0.2, 0.25) is 0 Å². The van der Waals surface area contributed by atoms with Crippen LogP contribution in [0.1, 0.15) is 24.3 Å². The lowest BCUT2D eigenvalue weighted by molar-refractivity contribution is 0.107. The number of rotatable bonds is 4. The van der Waals surface area contributed by atoms with Gasteiger partial charge in [-0.2, -0.15) is 0 Å². The van der Waals surface area contributed by atoms with Gasteiger partial charge in [-0.1, -0.05) is 23.2 Å². The summed E-state index contributed by atoms with van der Waals surface area (Å²) in [5.41, 5.74) is 0.835. The van der Waals surface area contributed by atoms with Crippen molar-refractivity contribution in [3.63, 3.8) is 0 Å². The summed E-state index contributed by atoms with van der Waals surface area (Å²) in [6.45, 7) is 0.510. The SMILES string of the molecule is COc1ccc(Cl)c(Cl)c1[C@H]1C[C@H]2C(CCO)OC(=O)N2C1. The van der Waals surface area contributed by atoms with Gasteiger partial charge in [0.05, 0.1) is 23.2 Å². The first-order valence-corrected chi connectivity index (χ1v) is 7.92. The molecule has 2 aliphatic heterocycles. The van der Waals surface area contributed by atoms with E-state index < -0.39 is 0 Å². The molecule has 22 heavy (non-hydrogen) atoms. The smallest absolute Gasteiger partial charge is 0.410 e. The Labute approximate surface area is 138 Å². The minimum Gasteiger partial charge on any atom is -0.496 e. The Morgan fingerprint density at radius 1 is 1.45 bits per heavy atom. The molecule has 2 fully saturated rings. The standard InChI is InChI=1S/C15H17Cl2NO4/c1-21-12-3-2-9(16)14(17)13(12)8-6-10-11(4-5-19)22-15(20)18(10)7-8/h2-3,8,10-11,19H,4-7H2,1H3/t8-,10-,11?/m0/s1. The molecule has 1 aromatic carbocycles. The number of aliphatic hydroxyl groups is 1. The van der Waals surface area contributed by atoms with Crippen molar-refractivity contribution >= 4 is 29.3 Å². The highest BCUT2D eigenvalue weighted by Crippen LogP contribution is 2.45. The van der Waals surface area contributed by atoms with Crippen LogP contribution in [-0.4, -0.2) is 48.5 Å². The Morgan fingerprint density at radius 2 is 2.23 bits per heavy atom. The van der Waals surface area contributed by atoms with Crippen LogP contribution in [0.25, 0.3) is 0 Å². The van der Waals surface area contributed by atoms with Gasteiger partial charge in [-0.25, -0.2) is 4.79 Å². The summed E-state index contributed by atoms with van der Waals surface area (Å²) in [5, 5.41) is 10.1. The highest BCUT2D eigenvalue weighted by Gasteiger charge is 2.48. The van der Waals surface area contributed by atoms with Gasteiger partial charge in [0.15, 0.2) is 0 Å². The van der Waals surface area contributed by atoms with Crippen molar-refractivity contribution in [1.29, 1.82) is 0 Å². The average Bonchev–Trinajstić information content (AvgIpc) is 3.04. The maximum absolute atomic E-state index is 12.0. The van der Waals surface area contributed by atoms with Crippen molar-refractivity contribution in [2.24, 2.45) is 0 Å². The molecular weight excluding hydrogens is 329 g/mol. The second-order valence-electron chi connectivity index (χ2n) is 5.56. The van der Waals surface area contributed by atoms with Crippen LogP contribution < -0.4 is 4.74 Å². The molecule has 0 spiro atoms. The number of hydrogen-bond acceptors (Lipinski definition) is 4. The number of fused-ring (bicyclic) bond motifs is 1. The van der Waals surface area contributed by atoms with Crippen molar-refractivity contribution < 1.29 is 19.4 Å². The van der Waals surface area contributed by atoms with E-state index in [0.29, 0.717) is 35.2 Å². The van der Waals surface area contributed by atoms with E-state index in [1.165, 1.54) is 0 Å². The fraction of sp³-hybridized carbons (Fsp3) is 0.533. The van der Waals surface area contributed by atoms with Gasteiger partial charge in [-0.3, -0.25) is 0 Å². The number of aliphatic hydroxyl groups excluding tert-OH is 1. The van der Waals surface area contributed by atoms with E-state index in [1.54, 1.807) is 24.1 Å². The van der Waals surface area contributed by atoms with Crippen molar-refractivity contribution in [3.05, 3.63) is 27.7 Å². The summed E-state index contributed by atoms with van der Waals surface area (Å²) in [7, 11) is 1.59. The molecule has 0 radical (unpaired) electrons. The summed E-state index contributed by atoms with van der Waals surface area (Å²) in [6.07, 6.45) is 0.557. The average molecular weight is 346 g/mol. The predicted molar refractivity (Wildman–Crippen MR) is 82.8 cm³/mol.